The van der Waals surface area contributed by atoms with Crippen molar-refractivity contribution >= 4 is 45.9 Å². The molecule has 3 aromatic rings. The molecule has 0 aliphatic carbocycles. The molecule has 0 amide bonds. The second kappa shape index (κ2) is 7.58. The van der Waals surface area contributed by atoms with Gasteiger partial charge in [0.2, 0.25) is 0 Å². The number of aliphatic hydroxyl groups excluding tert-OH is 1. The van der Waals surface area contributed by atoms with Crippen LogP contribution in [-0.2, 0) is 9.53 Å². The smallest absolute Gasteiger partial charge is 0.307 e. The van der Waals surface area contributed by atoms with Crippen LogP contribution in [-0.4, -0.2) is 51.4 Å². The molecule has 1 N–H and O–H groups in total. The maximum atomic E-state index is 11.8. The number of hydrogen-bond acceptors (Lipinski definition) is 6. The van der Waals surface area contributed by atoms with Gasteiger partial charge in [0, 0.05) is 30.4 Å². The van der Waals surface area contributed by atoms with Crippen molar-refractivity contribution in [2.24, 2.45) is 0 Å². The molecule has 1 saturated heterocycles. The van der Waals surface area contributed by atoms with Gasteiger partial charge in [0.1, 0.15) is 5.82 Å². The highest BCUT2D eigenvalue weighted by Gasteiger charge is 2.36. The summed E-state index contributed by atoms with van der Waals surface area (Å²) in [5.74, 6) is 0.221. The molecule has 3 heterocycles. The summed E-state index contributed by atoms with van der Waals surface area (Å²) in [6.45, 7) is 0.558. The third kappa shape index (κ3) is 3.30. The van der Waals surface area contributed by atoms with Gasteiger partial charge < -0.3 is 19.3 Å². The van der Waals surface area contributed by atoms with E-state index >= 15 is 0 Å². The number of methoxy groups -OCH3 is 1. The predicted molar refractivity (Wildman–Crippen MR) is 107 cm³/mol. The Bertz CT molecular complexity index is 1030. The van der Waals surface area contributed by atoms with Crippen molar-refractivity contribution in [2.45, 2.75) is 25.0 Å². The van der Waals surface area contributed by atoms with E-state index in [1.54, 1.807) is 18.6 Å². The first-order valence-corrected chi connectivity index (χ1v) is 9.53. The number of benzene rings is 1. The number of aromatic nitrogens is 3. The maximum absolute atomic E-state index is 11.8. The van der Waals surface area contributed by atoms with E-state index in [0.717, 1.165) is 11.1 Å². The number of carbonyl (C=O) groups is 1. The van der Waals surface area contributed by atoms with Crippen LogP contribution in [0.25, 0.3) is 16.6 Å². The Morgan fingerprint density at radius 3 is 2.93 bits per heavy atom. The Morgan fingerprint density at radius 2 is 2.21 bits per heavy atom. The number of esters is 1. The van der Waals surface area contributed by atoms with Crippen LogP contribution in [0.4, 0.5) is 5.82 Å². The van der Waals surface area contributed by atoms with Gasteiger partial charge in [-0.3, -0.25) is 4.79 Å². The number of halogens is 2. The quantitative estimate of drug-likeness (QED) is 0.652. The van der Waals surface area contributed by atoms with Gasteiger partial charge in [0.25, 0.3) is 0 Å². The molecular formula is C19H18Cl2N4O3. The first-order chi connectivity index (χ1) is 13.5. The van der Waals surface area contributed by atoms with Gasteiger partial charge in [0.05, 0.1) is 53.3 Å². The monoisotopic (exact) mass is 420 g/mol. The minimum Gasteiger partial charge on any atom is -0.469 e. The lowest BCUT2D eigenvalue weighted by atomic mass is 10.1. The van der Waals surface area contributed by atoms with Crippen LogP contribution in [0, 0.1) is 0 Å². The van der Waals surface area contributed by atoms with Crippen LogP contribution < -0.4 is 4.90 Å². The molecule has 0 bridgehead atoms. The van der Waals surface area contributed by atoms with Crippen molar-refractivity contribution in [2.75, 3.05) is 18.6 Å². The lowest BCUT2D eigenvalue weighted by molar-refractivity contribution is -0.141. The molecule has 1 aliphatic rings. The highest BCUT2D eigenvalue weighted by Crippen LogP contribution is 2.36. The van der Waals surface area contributed by atoms with Crippen molar-refractivity contribution in [1.29, 1.82) is 0 Å². The lowest BCUT2D eigenvalue weighted by Crippen LogP contribution is -2.38. The lowest BCUT2D eigenvalue weighted by Gasteiger charge is -2.27. The van der Waals surface area contributed by atoms with Gasteiger partial charge in [-0.05, 0) is 18.6 Å². The van der Waals surface area contributed by atoms with E-state index < -0.39 is 12.1 Å². The number of imidazole rings is 1. The Kier molecular flexibility index (Phi) is 5.14. The van der Waals surface area contributed by atoms with E-state index in [9.17, 15) is 9.90 Å². The summed E-state index contributed by atoms with van der Waals surface area (Å²) in [4.78, 5) is 22.6. The summed E-state index contributed by atoms with van der Waals surface area (Å²) < 4.78 is 6.65. The van der Waals surface area contributed by atoms with Crippen LogP contribution >= 0.6 is 23.2 Å². The van der Waals surface area contributed by atoms with Crippen LogP contribution in [0.15, 0.2) is 36.9 Å². The number of hydrogen-bond donors (Lipinski definition) is 1. The third-order valence-electron chi connectivity index (χ3n) is 5.03. The maximum Gasteiger partial charge on any atom is 0.307 e. The average molecular weight is 421 g/mol. The summed E-state index contributed by atoms with van der Waals surface area (Å²) in [6, 6.07) is 5.07. The summed E-state index contributed by atoms with van der Waals surface area (Å²) in [7, 11) is 1.33. The Balaban J connectivity index is 1.87. The summed E-state index contributed by atoms with van der Waals surface area (Å²) >= 11 is 12.7. The molecule has 2 atom stereocenters. The normalized spacial score (nSPS) is 19.4. The molecule has 1 aromatic carbocycles. The topological polar surface area (TPSA) is 80.5 Å². The Labute approximate surface area is 171 Å². The fourth-order valence-electron chi connectivity index (χ4n) is 3.59. The standard InChI is InChI=1S/C19H18Cl2N4O3/c1-28-17(27)9-14-15(26)4-6-25(14)16-8-13(24-7-5-22-10-24)11-2-3-12(20)18(21)19(11)23-16/h2-3,5,7-8,10,14-15,26H,4,6,9H2,1H3/t14-,15+/m1/s1. The first-order valence-electron chi connectivity index (χ1n) is 8.78. The van der Waals surface area contributed by atoms with Crippen molar-refractivity contribution < 1.29 is 14.6 Å². The van der Waals surface area contributed by atoms with Crippen molar-refractivity contribution in [3.05, 3.63) is 47.0 Å². The van der Waals surface area contributed by atoms with Crippen molar-refractivity contribution in [3.63, 3.8) is 0 Å². The molecule has 0 spiro atoms. The van der Waals surface area contributed by atoms with Crippen LogP contribution in [0.3, 0.4) is 0 Å². The Morgan fingerprint density at radius 1 is 1.39 bits per heavy atom. The molecule has 146 valence electrons. The number of fused-ring (bicyclic) bond motifs is 1. The molecule has 0 saturated carbocycles. The summed E-state index contributed by atoms with van der Waals surface area (Å²) in [6.07, 6.45) is 5.15. The van der Waals surface area contributed by atoms with E-state index in [1.807, 2.05) is 27.8 Å². The number of ether oxygens (including phenoxy) is 1. The second-order valence-corrected chi connectivity index (χ2v) is 7.41. The molecule has 2 aromatic heterocycles. The zero-order valence-corrected chi connectivity index (χ0v) is 16.6. The molecule has 9 heteroatoms. The molecule has 4 rings (SSSR count). The van der Waals surface area contributed by atoms with Gasteiger partial charge in [-0.1, -0.05) is 23.2 Å². The number of carbonyl (C=O) groups excluding carboxylic acids is 1. The van der Waals surface area contributed by atoms with Crippen molar-refractivity contribution in [3.8, 4) is 5.69 Å². The van der Waals surface area contributed by atoms with Gasteiger partial charge in [-0.2, -0.15) is 0 Å². The second-order valence-electron chi connectivity index (χ2n) is 6.62. The summed E-state index contributed by atoms with van der Waals surface area (Å²) in [5.41, 5.74) is 1.38. The average Bonchev–Trinajstić information content (AvgIpc) is 3.35. The minimum atomic E-state index is -0.650. The number of pyridine rings is 1. The van der Waals surface area contributed by atoms with E-state index in [2.05, 4.69) is 4.98 Å². The van der Waals surface area contributed by atoms with Crippen molar-refractivity contribution in [1.82, 2.24) is 14.5 Å². The molecule has 1 aliphatic heterocycles. The SMILES string of the molecule is COC(=O)C[C@@H]1[C@@H](O)CCN1c1cc(-n2ccnc2)c2ccc(Cl)c(Cl)c2n1. The van der Waals surface area contributed by atoms with E-state index in [-0.39, 0.29) is 12.4 Å². The third-order valence-corrected chi connectivity index (χ3v) is 5.82. The number of nitrogens with zero attached hydrogens (tertiary/aromatic N) is 4. The van der Waals surface area contributed by atoms with Crippen LogP contribution in [0.1, 0.15) is 12.8 Å². The van der Waals surface area contributed by atoms with E-state index in [1.165, 1.54) is 7.11 Å². The zero-order chi connectivity index (χ0) is 19.8. The molecule has 0 radical (unpaired) electrons. The summed E-state index contributed by atoms with van der Waals surface area (Å²) in [5, 5.41) is 12.0. The molecule has 28 heavy (non-hydrogen) atoms. The predicted octanol–water partition coefficient (Wildman–Crippen LogP) is 3.23. The van der Waals surface area contributed by atoms with Gasteiger partial charge in [-0.15, -0.1) is 0 Å². The zero-order valence-electron chi connectivity index (χ0n) is 15.0. The van der Waals surface area contributed by atoms with E-state index in [4.69, 9.17) is 32.9 Å². The fraction of sp³-hybridized carbons (Fsp3) is 0.316. The van der Waals surface area contributed by atoms with Crippen LogP contribution in [0.5, 0.6) is 0 Å². The van der Waals surface area contributed by atoms with Gasteiger partial charge in [-0.25, -0.2) is 9.97 Å². The number of aliphatic hydroxyl groups is 1. The highest BCUT2D eigenvalue weighted by atomic mass is 35.5. The molecule has 7 nitrogen and oxygen atoms in total. The van der Waals surface area contributed by atoms with Gasteiger partial charge >= 0.3 is 5.97 Å². The molecule has 1 fully saturated rings. The fourth-order valence-corrected chi connectivity index (χ4v) is 3.95. The molecule has 0 unspecified atom stereocenters. The first kappa shape index (κ1) is 19.0. The largest absolute Gasteiger partial charge is 0.469 e. The highest BCUT2D eigenvalue weighted by molar-refractivity contribution is 6.45. The molecular weight excluding hydrogens is 403 g/mol. The van der Waals surface area contributed by atoms with Gasteiger partial charge in [0.15, 0.2) is 0 Å². The minimum absolute atomic E-state index is 0.0705. The number of anilines is 1. The number of rotatable bonds is 4. The van der Waals surface area contributed by atoms with E-state index in [0.29, 0.717) is 34.3 Å². The Hall–Kier alpha value is -2.35. The van der Waals surface area contributed by atoms with Crippen LogP contribution in [0.2, 0.25) is 10.0 Å².